The highest BCUT2D eigenvalue weighted by molar-refractivity contribution is 7.89. The molecule has 31 heavy (non-hydrogen) atoms. The molecular weight excluding hydrogens is 432 g/mol. The number of aromatic nitrogens is 2. The van der Waals surface area contributed by atoms with E-state index in [0.717, 1.165) is 16.8 Å². The van der Waals surface area contributed by atoms with Crippen LogP contribution in [0, 0.1) is 17.6 Å². The van der Waals surface area contributed by atoms with E-state index in [4.69, 9.17) is 9.88 Å². The number of benzene rings is 2. The quantitative estimate of drug-likeness (QED) is 0.565. The number of aliphatic hydroxyl groups is 1. The summed E-state index contributed by atoms with van der Waals surface area (Å²) in [5, 5.41) is 18.4. The average molecular weight is 451 g/mol. The van der Waals surface area contributed by atoms with Gasteiger partial charge in [-0.25, -0.2) is 22.3 Å². The first-order valence-electron chi connectivity index (χ1n) is 9.06. The fourth-order valence-electron chi connectivity index (χ4n) is 2.69. The van der Waals surface area contributed by atoms with Gasteiger partial charge in [-0.15, -0.1) is 0 Å². The zero-order valence-corrected chi connectivity index (χ0v) is 17.1. The topological polar surface area (TPSA) is 125 Å². The zero-order valence-electron chi connectivity index (χ0n) is 16.3. The standard InChI is InChI=1S/C20H19F2N3O5S/c1-12(10-26)11-30-19-16(13-2-5-15(6-3-13)31(23,28)29)9-24-25(20(19)27)14-4-7-17(21)18(22)8-14/h2-9,12,26H,10-11H2,1H3,(H2,23,28,29)/t12-/m0/s1. The smallest absolute Gasteiger partial charge is 0.314 e. The van der Waals surface area contributed by atoms with E-state index in [9.17, 15) is 27.1 Å². The van der Waals surface area contributed by atoms with E-state index < -0.39 is 27.2 Å². The maximum Gasteiger partial charge on any atom is 0.314 e. The molecule has 0 aliphatic rings. The van der Waals surface area contributed by atoms with Gasteiger partial charge in [-0.2, -0.15) is 9.78 Å². The molecule has 8 nitrogen and oxygen atoms in total. The van der Waals surface area contributed by atoms with Gasteiger partial charge in [-0.3, -0.25) is 4.79 Å². The maximum absolute atomic E-state index is 13.6. The first-order valence-corrected chi connectivity index (χ1v) is 10.6. The lowest BCUT2D eigenvalue weighted by atomic mass is 10.1. The molecule has 0 aliphatic carbocycles. The van der Waals surface area contributed by atoms with Crippen LogP contribution < -0.4 is 15.4 Å². The summed E-state index contributed by atoms with van der Waals surface area (Å²) in [6, 6.07) is 8.28. The van der Waals surface area contributed by atoms with Crippen LogP contribution in [0.3, 0.4) is 0 Å². The van der Waals surface area contributed by atoms with Gasteiger partial charge in [0.1, 0.15) is 0 Å². The van der Waals surface area contributed by atoms with Gasteiger partial charge in [0.05, 0.1) is 23.4 Å². The highest BCUT2D eigenvalue weighted by Gasteiger charge is 2.18. The zero-order chi connectivity index (χ0) is 22.8. The van der Waals surface area contributed by atoms with Gasteiger partial charge in [-0.05, 0) is 29.8 Å². The Bertz CT molecular complexity index is 1260. The minimum atomic E-state index is -3.90. The van der Waals surface area contributed by atoms with Crippen LogP contribution >= 0.6 is 0 Å². The number of rotatable bonds is 7. The molecule has 3 rings (SSSR count). The Morgan fingerprint density at radius 3 is 2.42 bits per heavy atom. The number of nitrogens with two attached hydrogens (primary N) is 1. The molecule has 1 heterocycles. The Morgan fingerprint density at radius 2 is 1.84 bits per heavy atom. The van der Waals surface area contributed by atoms with Crippen LogP contribution in [-0.2, 0) is 10.0 Å². The number of aliphatic hydroxyl groups excluding tert-OH is 1. The number of nitrogens with zero attached hydrogens (tertiary/aromatic N) is 2. The Hall–Kier alpha value is -3.15. The molecule has 2 aromatic carbocycles. The van der Waals surface area contributed by atoms with E-state index in [1.165, 1.54) is 36.5 Å². The number of hydrogen-bond acceptors (Lipinski definition) is 6. The highest BCUT2D eigenvalue weighted by atomic mass is 32.2. The molecule has 0 unspecified atom stereocenters. The van der Waals surface area contributed by atoms with Crippen LogP contribution in [0.15, 0.2) is 58.4 Å². The van der Waals surface area contributed by atoms with Crippen molar-refractivity contribution in [2.75, 3.05) is 13.2 Å². The van der Waals surface area contributed by atoms with E-state index in [2.05, 4.69) is 5.10 Å². The van der Waals surface area contributed by atoms with Crippen molar-refractivity contribution in [3.8, 4) is 22.6 Å². The van der Waals surface area contributed by atoms with Crippen molar-refractivity contribution in [2.24, 2.45) is 11.1 Å². The molecule has 11 heteroatoms. The molecule has 3 N–H and O–H groups in total. The minimum Gasteiger partial charge on any atom is -0.487 e. The van der Waals surface area contributed by atoms with Crippen LogP contribution in [0.2, 0.25) is 0 Å². The number of primary sulfonamides is 1. The van der Waals surface area contributed by atoms with Gasteiger partial charge >= 0.3 is 5.56 Å². The number of hydrogen-bond donors (Lipinski definition) is 2. The lowest BCUT2D eigenvalue weighted by Gasteiger charge is -2.15. The van der Waals surface area contributed by atoms with Gasteiger partial charge in [-0.1, -0.05) is 19.1 Å². The summed E-state index contributed by atoms with van der Waals surface area (Å²) in [5.74, 6) is -2.66. The first kappa shape index (κ1) is 22.5. The SMILES string of the molecule is C[C@@H](CO)COc1c(-c2ccc(S(N)(=O)=O)cc2)cnn(-c2ccc(F)c(F)c2)c1=O. The van der Waals surface area contributed by atoms with Crippen molar-refractivity contribution >= 4 is 10.0 Å². The van der Waals surface area contributed by atoms with Crippen molar-refractivity contribution in [3.05, 3.63) is 70.6 Å². The Balaban J connectivity index is 2.13. The van der Waals surface area contributed by atoms with Crippen LogP contribution in [0.5, 0.6) is 5.75 Å². The van der Waals surface area contributed by atoms with E-state index in [-0.39, 0.29) is 41.0 Å². The van der Waals surface area contributed by atoms with Gasteiger partial charge in [0.2, 0.25) is 10.0 Å². The lowest BCUT2D eigenvalue weighted by molar-refractivity contribution is 0.173. The highest BCUT2D eigenvalue weighted by Crippen LogP contribution is 2.28. The summed E-state index contributed by atoms with van der Waals surface area (Å²) >= 11 is 0. The fourth-order valence-corrected chi connectivity index (χ4v) is 3.20. The largest absolute Gasteiger partial charge is 0.487 e. The number of sulfonamides is 1. The molecule has 0 amide bonds. The van der Waals surface area contributed by atoms with Crippen molar-refractivity contribution in [2.45, 2.75) is 11.8 Å². The van der Waals surface area contributed by atoms with E-state index in [1.54, 1.807) is 6.92 Å². The van der Waals surface area contributed by atoms with Gasteiger partial charge < -0.3 is 9.84 Å². The molecule has 1 aromatic heterocycles. The van der Waals surface area contributed by atoms with Gasteiger partial charge in [0.15, 0.2) is 17.4 Å². The molecule has 0 aliphatic heterocycles. The van der Waals surface area contributed by atoms with E-state index in [1.807, 2.05) is 0 Å². The molecule has 3 aromatic rings. The van der Waals surface area contributed by atoms with Crippen LogP contribution in [0.25, 0.3) is 16.8 Å². The Labute approximate surface area is 176 Å². The van der Waals surface area contributed by atoms with Crippen molar-refractivity contribution in [1.29, 1.82) is 0 Å². The molecule has 0 spiro atoms. The number of ether oxygens (including phenoxy) is 1. The number of halogens is 2. The van der Waals surface area contributed by atoms with Crippen LogP contribution in [0.1, 0.15) is 6.92 Å². The van der Waals surface area contributed by atoms with Crippen molar-refractivity contribution < 1.29 is 27.0 Å². The predicted octanol–water partition coefficient (Wildman–Crippen LogP) is 1.83. The van der Waals surface area contributed by atoms with Crippen molar-refractivity contribution in [3.63, 3.8) is 0 Å². The Kier molecular flexibility index (Phi) is 6.48. The van der Waals surface area contributed by atoms with Crippen LogP contribution in [0.4, 0.5) is 8.78 Å². The third kappa shape index (κ3) is 4.95. The van der Waals surface area contributed by atoms with Gasteiger partial charge in [0, 0.05) is 24.2 Å². The molecular formula is C20H19F2N3O5S. The third-order valence-corrected chi connectivity index (χ3v) is 5.33. The van der Waals surface area contributed by atoms with Crippen molar-refractivity contribution in [1.82, 2.24) is 9.78 Å². The second kappa shape index (κ2) is 8.92. The maximum atomic E-state index is 13.6. The minimum absolute atomic E-state index is 0.00417. The van der Waals surface area contributed by atoms with E-state index >= 15 is 0 Å². The second-order valence-electron chi connectivity index (χ2n) is 6.87. The normalized spacial score (nSPS) is 12.5. The summed E-state index contributed by atoms with van der Waals surface area (Å²) in [6.45, 7) is 1.52. The second-order valence-corrected chi connectivity index (χ2v) is 8.43. The van der Waals surface area contributed by atoms with E-state index in [0.29, 0.717) is 5.56 Å². The molecule has 0 saturated carbocycles. The first-order chi connectivity index (χ1) is 14.6. The molecule has 0 fully saturated rings. The summed E-state index contributed by atoms with van der Waals surface area (Å²) in [6.07, 6.45) is 1.29. The molecule has 0 saturated heterocycles. The van der Waals surface area contributed by atoms with Gasteiger partial charge in [0.25, 0.3) is 0 Å². The average Bonchev–Trinajstić information content (AvgIpc) is 2.74. The molecule has 0 bridgehead atoms. The molecule has 164 valence electrons. The predicted molar refractivity (Wildman–Crippen MR) is 108 cm³/mol. The summed E-state index contributed by atoms with van der Waals surface area (Å²) in [7, 11) is -3.90. The lowest BCUT2D eigenvalue weighted by Crippen LogP contribution is -2.25. The summed E-state index contributed by atoms with van der Waals surface area (Å²) < 4.78 is 56.3. The summed E-state index contributed by atoms with van der Waals surface area (Å²) in [4.78, 5) is 13.0. The Morgan fingerprint density at radius 1 is 1.16 bits per heavy atom. The monoisotopic (exact) mass is 451 g/mol. The molecule has 0 radical (unpaired) electrons. The molecule has 1 atom stereocenters. The summed E-state index contributed by atoms with van der Waals surface area (Å²) in [5.41, 5.74) is -0.0970. The fraction of sp³-hybridized carbons (Fsp3) is 0.200. The third-order valence-electron chi connectivity index (χ3n) is 4.40. The van der Waals surface area contributed by atoms with Crippen LogP contribution in [-0.4, -0.2) is 36.5 Å².